The summed E-state index contributed by atoms with van der Waals surface area (Å²) in [5, 5.41) is 18.3. The molecule has 0 unspecified atom stereocenters. The van der Waals surface area contributed by atoms with Gasteiger partial charge in [0.25, 0.3) is 5.91 Å². The molecule has 1 amide bonds. The van der Waals surface area contributed by atoms with Gasteiger partial charge in [-0.25, -0.2) is 4.98 Å². The third-order valence-electron chi connectivity index (χ3n) is 2.92. The van der Waals surface area contributed by atoms with Crippen LogP contribution in [0.5, 0.6) is 0 Å². The van der Waals surface area contributed by atoms with Gasteiger partial charge in [0.2, 0.25) is 0 Å². The molecular weight excluding hydrogens is 242 g/mol. The number of carbonyl (C=O) groups is 1. The molecule has 2 rings (SSSR count). The van der Waals surface area contributed by atoms with E-state index in [1.54, 1.807) is 13.0 Å². The Morgan fingerprint density at radius 3 is 2.63 bits per heavy atom. The molecule has 0 saturated carbocycles. The molecule has 2 aromatic rings. The number of nitrogens with one attached hydrogen (secondary N) is 2. The molecule has 0 saturated heterocycles. The molecule has 2 heterocycles. The summed E-state index contributed by atoms with van der Waals surface area (Å²) in [6.45, 7) is 5.44. The van der Waals surface area contributed by atoms with E-state index < -0.39 is 0 Å². The Bertz CT molecular complexity index is 681. The molecule has 6 heteroatoms. The van der Waals surface area contributed by atoms with Crippen LogP contribution in [0.2, 0.25) is 0 Å². The van der Waals surface area contributed by atoms with Crippen molar-refractivity contribution in [2.75, 3.05) is 5.32 Å². The Hall–Kier alpha value is -2.68. The Morgan fingerprint density at radius 2 is 2.11 bits per heavy atom. The van der Waals surface area contributed by atoms with Crippen molar-refractivity contribution in [2.24, 2.45) is 0 Å². The number of anilines is 1. The quantitative estimate of drug-likeness (QED) is 0.856. The number of rotatable bonds is 2. The summed E-state index contributed by atoms with van der Waals surface area (Å²) in [6.07, 6.45) is 0. The number of aryl methyl sites for hydroxylation is 2. The molecule has 0 aromatic carbocycles. The van der Waals surface area contributed by atoms with Crippen LogP contribution < -0.4 is 5.32 Å². The number of amides is 1. The number of hydrogen-bond acceptors (Lipinski definition) is 4. The molecule has 6 nitrogen and oxygen atoms in total. The molecule has 0 spiro atoms. The van der Waals surface area contributed by atoms with Crippen molar-refractivity contribution in [3.8, 4) is 6.07 Å². The zero-order chi connectivity index (χ0) is 14.0. The number of carbonyl (C=O) groups excluding carboxylic acids is 1. The zero-order valence-corrected chi connectivity index (χ0v) is 10.9. The van der Waals surface area contributed by atoms with Crippen LogP contribution in [0, 0.1) is 32.1 Å². The first-order chi connectivity index (χ1) is 9.02. The molecular formula is C13H13N5O. The molecule has 0 aliphatic heterocycles. The van der Waals surface area contributed by atoms with Gasteiger partial charge in [-0.15, -0.1) is 0 Å². The predicted molar refractivity (Wildman–Crippen MR) is 69.7 cm³/mol. The summed E-state index contributed by atoms with van der Waals surface area (Å²) in [7, 11) is 0. The minimum atomic E-state index is -0.345. The Morgan fingerprint density at radius 1 is 1.37 bits per heavy atom. The van der Waals surface area contributed by atoms with Crippen molar-refractivity contribution in [2.45, 2.75) is 20.8 Å². The second-order valence-electron chi connectivity index (χ2n) is 4.22. The highest BCUT2D eigenvalue weighted by Gasteiger charge is 2.13. The molecule has 0 radical (unpaired) electrons. The molecule has 0 aliphatic rings. The van der Waals surface area contributed by atoms with Crippen LogP contribution in [0.25, 0.3) is 0 Å². The minimum absolute atomic E-state index is 0.261. The van der Waals surface area contributed by atoms with Gasteiger partial charge in [-0.2, -0.15) is 10.4 Å². The third-order valence-corrected chi connectivity index (χ3v) is 2.92. The number of aromatic amines is 1. The van der Waals surface area contributed by atoms with Crippen LogP contribution in [0.4, 0.5) is 5.82 Å². The molecule has 0 atom stereocenters. The van der Waals surface area contributed by atoms with Gasteiger partial charge >= 0.3 is 0 Å². The molecule has 19 heavy (non-hydrogen) atoms. The van der Waals surface area contributed by atoms with E-state index in [9.17, 15) is 4.79 Å². The monoisotopic (exact) mass is 255 g/mol. The van der Waals surface area contributed by atoms with Crippen molar-refractivity contribution in [1.29, 1.82) is 5.26 Å². The van der Waals surface area contributed by atoms with Crippen LogP contribution in [0.15, 0.2) is 12.1 Å². The average molecular weight is 255 g/mol. The molecule has 2 aromatic heterocycles. The minimum Gasteiger partial charge on any atom is -0.304 e. The molecule has 0 aliphatic carbocycles. The SMILES string of the molecule is Cc1nc(C(=O)Nc2n[nH]c(C)c2C)ccc1C#N. The van der Waals surface area contributed by atoms with E-state index in [1.165, 1.54) is 6.07 Å². The highest BCUT2D eigenvalue weighted by atomic mass is 16.1. The van der Waals surface area contributed by atoms with Crippen molar-refractivity contribution < 1.29 is 4.79 Å². The lowest BCUT2D eigenvalue weighted by molar-refractivity contribution is 0.102. The summed E-state index contributed by atoms with van der Waals surface area (Å²) in [6, 6.07) is 5.12. The highest BCUT2D eigenvalue weighted by Crippen LogP contribution is 2.15. The van der Waals surface area contributed by atoms with E-state index in [1.807, 2.05) is 19.9 Å². The first kappa shape index (κ1) is 12.8. The lowest BCUT2D eigenvalue weighted by Crippen LogP contribution is -2.15. The summed E-state index contributed by atoms with van der Waals surface area (Å²) in [5.74, 6) is 0.147. The van der Waals surface area contributed by atoms with Crippen molar-refractivity contribution in [3.63, 3.8) is 0 Å². The van der Waals surface area contributed by atoms with Gasteiger partial charge in [-0.3, -0.25) is 9.89 Å². The number of hydrogen-bond donors (Lipinski definition) is 2. The average Bonchev–Trinajstić information content (AvgIpc) is 2.70. The zero-order valence-electron chi connectivity index (χ0n) is 10.9. The van der Waals surface area contributed by atoms with Crippen molar-refractivity contribution in [1.82, 2.24) is 15.2 Å². The predicted octanol–water partition coefficient (Wildman–Crippen LogP) is 1.85. The van der Waals surface area contributed by atoms with Crippen LogP contribution >= 0.6 is 0 Å². The fraction of sp³-hybridized carbons (Fsp3) is 0.231. The van der Waals surface area contributed by atoms with E-state index in [2.05, 4.69) is 20.5 Å². The Labute approximate surface area is 110 Å². The van der Waals surface area contributed by atoms with Crippen LogP contribution in [0.3, 0.4) is 0 Å². The van der Waals surface area contributed by atoms with Gasteiger partial charge in [0.1, 0.15) is 11.8 Å². The standard InChI is InChI=1S/C13H13N5O/c1-7-8(2)17-18-12(7)16-13(19)11-5-4-10(6-14)9(3)15-11/h4-5H,1-3H3,(H2,16,17,18,19). The first-order valence-corrected chi connectivity index (χ1v) is 5.73. The number of pyridine rings is 1. The van der Waals surface area contributed by atoms with Gasteiger partial charge in [0, 0.05) is 11.3 Å². The smallest absolute Gasteiger partial charge is 0.275 e. The summed E-state index contributed by atoms with van der Waals surface area (Å²) in [5.41, 5.74) is 3.04. The van der Waals surface area contributed by atoms with E-state index >= 15 is 0 Å². The maximum absolute atomic E-state index is 12.0. The van der Waals surface area contributed by atoms with E-state index in [-0.39, 0.29) is 11.6 Å². The number of nitrogens with zero attached hydrogens (tertiary/aromatic N) is 3. The second kappa shape index (κ2) is 4.90. The van der Waals surface area contributed by atoms with Crippen LogP contribution in [-0.2, 0) is 0 Å². The molecule has 96 valence electrons. The maximum atomic E-state index is 12.0. The lowest BCUT2D eigenvalue weighted by atomic mass is 10.2. The van der Waals surface area contributed by atoms with Crippen LogP contribution in [-0.4, -0.2) is 21.1 Å². The number of H-pyrrole nitrogens is 1. The fourth-order valence-electron chi connectivity index (χ4n) is 1.58. The highest BCUT2D eigenvalue weighted by molar-refractivity contribution is 6.02. The first-order valence-electron chi connectivity index (χ1n) is 5.73. The fourth-order valence-corrected chi connectivity index (χ4v) is 1.58. The summed E-state index contributed by atoms with van der Waals surface area (Å²) >= 11 is 0. The van der Waals surface area contributed by atoms with Crippen molar-refractivity contribution >= 4 is 11.7 Å². The molecule has 0 bridgehead atoms. The van der Waals surface area contributed by atoms with E-state index in [0.29, 0.717) is 17.1 Å². The van der Waals surface area contributed by atoms with Gasteiger partial charge in [0.15, 0.2) is 5.82 Å². The summed E-state index contributed by atoms with van der Waals surface area (Å²) in [4.78, 5) is 16.1. The van der Waals surface area contributed by atoms with Crippen molar-refractivity contribution in [3.05, 3.63) is 40.3 Å². The summed E-state index contributed by atoms with van der Waals surface area (Å²) < 4.78 is 0. The Kier molecular flexibility index (Phi) is 3.29. The van der Waals surface area contributed by atoms with Gasteiger partial charge < -0.3 is 5.32 Å². The van der Waals surface area contributed by atoms with E-state index in [0.717, 1.165) is 11.3 Å². The molecule has 2 N–H and O–H groups in total. The second-order valence-corrected chi connectivity index (χ2v) is 4.22. The number of nitriles is 1. The molecule has 0 fully saturated rings. The normalized spacial score (nSPS) is 10.0. The Balaban J connectivity index is 2.24. The van der Waals surface area contributed by atoms with Crippen LogP contribution in [0.1, 0.15) is 33.0 Å². The third kappa shape index (κ3) is 2.45. The lowest BCUT2D eigenvalue weighted by Gasteiger charge is -2.04. The largest absolute Gasteiger partial charge is 0.304 e. The van der Waals surface area contributed by atoms with Gasteiger partial charge in [-0.1, -0.05) is 0 Å². The van der Waals surface area contributed by atoms with Gasteiger partial charge in [-0.05, 0) is 32.9 Å². The number of aromatic nitrogens is 3. The topological polar surface area (TPSA) is 94.5 Å². The van der Waals surface area contributed by atoms with E-state index in [4.69, 9.17) is 5.26 Å². The maximum Gasteiger partial charge on any atom is 0.275 e. The van der Waals surface area contributed by atoms with Gasteiger partial charge in [0.05, 0.1) is 11.3 Å².